The Morgan fingerprint density at radius 3 is 2.44 bits per heavy atom. The first-order valence-electron chi connectivity index (χ1n) is 9.28. The van der Waals surface area contributed by atoms with Gasteiger partial charge in [-0.1, -0.05) is 36.8 Å². The van der Waals surface area contributed by atoms with Crippen LogP contribution in [0.5, 0.6) is 0 Å². The van der Waals surface area contributed by atoms with Crippen molar-refractivity contribution in [3.8, 4) is 0 Å². The van der Waals surface area contributed by atoms with Gasteiger partial charge in [0, 0.05) is 5.69 Å². The molecule has 5 heteroatoms. The van der Waals surface area contributed by atoms with Gasteiger partial charge in [-0.15, -0.1) is 0 Å². The summed E-state index contributed by atoms with van der Waals surface area (Å²) in [7, 11) is 0. The van der Waals surface area contributed by atoms with Crippen molar-refractivity contribution in [2.45, 2.75) is 47.1 Å². The summed E-state index contributed by atoms with van der Waals surface area (Å²) in [4.78, 5) is 12.0. The number of hydrogen-bond donors (Lipinski definition) is 2. The van der Waals surface area contributed by atoms with E-state index in [1.54, 1.807) is 19.1 Å². The quantitative estimate of drug-likeness (QED) is 0.528. The van der Waals surface area contributed by atoms with Crippen molar-refractivity contribution in [2.24, 2.45) is 0 Å². The fourth-order valence-electron chi connectivity index (χ4n) is 3.03. The molecule has 2 aromatic rings. The van der Waals surface area contributed by atoms with Crippen LogP contribution in [0.25, 0.3) is 0 Å². The molecule has 0 aliphatic rings. The minimum atomic E-state index is -0.332. The summed E-state index contributed by atoms with van der Waals surface area (Å²) in [5, 5.41) is 7.16. The van der Waals surface area contributed by atoms with E-state index >= 15 is 0 Å². The first-order valence-corrected chi connectivity index (χ1v) is 9.69. The van der Waals surface area contributed by atoms with Crippen molar-refractivity contribution < 1.29 is 9.53 Å². The summed E-state index contributed by atoms with van der Waals surface area (Å²) in [5.74, 6) is -0.332. The molecule has 0 spiro atoms. The summed E-state index contributed by atoms with van der Waals surface area (Å²) < 4.78 is 5.08. The molecule has 2 aromatic carbocycles. The smallest absolute Gasteiger partial charge is 0.338 e. The summed E-state index contributed by atoms with van der Waals surface area (Å²) in [6.07, 6.45) is 0.910. The van der Waals surface area contributed by atoms with Gasteiger partial charge in [0.15, 0.2) is 5.11 Å². The molecule has 2 rings (SSSR count). The highest BCUT2D eigenvalue weighted by Gasteiger charge is 2.14. The first kappa shape index (κ1) is 20.9. The van der Waals surface area contributed by atoms with E-state index in [1.807, 2.05) is 13.0 Å². The highest BCUT2D eigenvalue weighted by atomic mass is 32.1. The minimum Gasteiger partial charge on any atom is -0.462 e. The second-order valence-corrected chi connectivity index (χ2v) is 7.08. The third kappa shape index (κ3) is 5.54. The molecule has 0 aromatic heterocycles. The molecule has 1 atom stereocenters. The zero-order chi connectivity index (χ0) is 20.0. The van der Waals surface area contributed by atoms with Gasteiger partial charge >= 0.3 is 5.97 Å². The number of nitrogens with one attached hydrogen (secondary N) is 2. The molecule has 0 bridgehead atoms. The first-order chi connectivity index (χ1) is 12.8. The Labute approximate surface area is 167 Å². The SMILES string of the molecule is CCOC(=O)c1ccc(C)c(NC(=S)N[C@@H](CC)c2ccc(C)cc2C)c1. The summed E-state index contributed by atoms with van der Waals surface area (Å²) in [5.41, 5.74) is 6.05. The van der Waals surface area contributed by atoms with Crippen molar-refractivity contribution in [3.05, 3.63) is 64.2 Å². The molecular weight excluding hydrogens is 356 g/mol. The van der Waals surface area contributed by atoms with Crippen LogP contribution in [0.3, 0.4) is 0 Å². The zero-order valence-electron chi connectivity index (χ0n) is 16.7. The van der Waals surface area contributed by atoms with E-state index in [-0.39, 0.29) is 12.0 Å². The van der Waals surface area contributed by atoms with Crippen LogP contribution in [0.1, 0.15) is 58.9 Å². The number of hydrogen-bond acceptors (Lipinski definition) is 3. The van der Waals surface area contributed by atoms with Gasteiger partial charge in [-0.3, -0.25) is 0 Å². The molecule has 0 aliphatic heterocycles. The number of thiocarbonyl (C=S) groups is 1. The normalized spacial score (nSPS) is 11.6. The zero-order valence-corrected chi connectivity index (χ0v) is 17.5. The van der Waals surface area contributed by atoms with Crippen LogP contribution in [0.15, 0.2) is 36.4 Å². The lowest BCUT2D eigenvalue weighted by Gasteiger charge is -2.22. The number of benzene rings is 2. The maximum Gasteiger partial charge on any atom is 0.338 e. The molecule has 0 radical (unpaired) electrons. The second kappa shape index (κ2) is 9.51. The lowest BCUT2D eigenvalue weighted by atomic mass is 9.98. The Hall–Kier alpha value is -2.40. The van der Waals surface area contributed by atoms with Crippen LogP contribution in [0.2, 0.25) is 0 Å². The standard InChI is InChI=1S/C22H28N2O2S/c1-6-19(18-11-8-14(3)12-16(18)5)23-22(27)24-20-13-17(10-9-15(20)4)21(25)26-7-2/h8-13,19H,6-7H2,1-5H3,(H2,23,24,27)/t19-/m0/s1. The molecule has 27 heavy (non-hydrogen) atoms. The Balaban J connectivity index is 2.14. The maximum absolute atomic E-state index is 12.0. The topological polar surface area (TPSA) is 50.4 Å². The van der Waals surface area contributed by atoms with Gasteiger partial charge < -0.3 is 15.4 Å². The Morgan fingerprint density at radius 2 is 1.81 bits per heavy atom. The Bertz CT molecular complexity index is 833. The number of rotatable bonds is 6. The van der Waals surface area contributed by atoms with Crippen LogP contribution in [-0.4, -0.2) is 17.7 Å². The third-order valence-corrected chi connectivity index (χ3v) is 4.73. The molecule has 0 saturated carbocycles. The third-order valence-electron chi connectivity index (χ3n) is 4.51. The van der Waals surface area contributed by atoms with Crippen LogP contribution in [-0.2, 0) is 4.74 Å². The summed E-state index contributed by atoms with van der Waals surface area (Å²) in [6, 6.07) is 12.0. The van der Waals surface area contributed by atoms with E-state index in [4.69, 9.17) is 17.0 Å². The molecule has 0 unspecified atom stereocenters. The number of carbonyl (C=O) groups excluding carboxylic acids is 1. The fraction of sp³-hybridized carbons (Fsp3) is 0.364. The number of ether oxygens (including phenoxy) is 1. The molecule has 0 fully saturated rings. The van der Waals surface area contributed by atoms with Gasteiger partial charge in [-0.05, 0) is 75.2 Å². The largest absolute Gasteiger partial charge is 0.462 e. The highest BCUT2D eigenvalue weighted by molar-refractivity contribution is 7.80. The summed E-state index contributed by atoms with van der Waals surface area (Å²) in [6.45, 7) is 10.5. The number of anilines is 1. The second-order valence-electron chi connectivity index (χ2n) is 6.67. The van der Waals surface area contributed by atoms with Crippen molar-refractivity contribution in [3.63, 3.8) is 0 Å². The predicted molar refractivity (Wildman–Crippen MR) is 115 cm³/mol. The van der Waals surface area contributed by atoms with Crippen molar-refractivity contribution in [1.82, 2.24) is 5.32 Å². The van der Waals surface area contributed by atoms with Gasteiger partial charge in [0.25, 0.3) is 0 Å². The van der Waals surface area contributed by atoms with E-state index in [9.17, 15) is 4.79 Å². The van der Waals surface area contributed by atoms with Gasteiger partial charge in [-0.2, -0.15) is 0 Å². The average molecular weight is 385 g/mol. The molecule has 2 N–H and O–H groups in total. The monoisotopic (exact) mass is 384 g/mol. The molecular formula is C22H28N2O2S. The van der Waals surface area contributed by atoms with Crippen molar-refractivity contribution >= 4 is 29.0 Å². The van der Waals surface area contributed by atoms with E-state index in [0.29, 0.717) is 17.3 Å². The summed E-state index contributed by atoms with van der Waals surface area (Å²) >= 11 is 5.53. The van der Waals surface area contributed by atoms with Crippen LogP contribution >= 0.6 is 12.2 Å². The molecule has 4 nitrogen and oxygen atoms in total. The minimum absolute atomic E-state index is 0.124. The van der Waals surface area contributed by atoms with Crippen LogP contribution in [0, 0.1) is 20.8 Å². The van der Waals surface area contributed by atoms with Crippen molar-refractivity contribution in [2.75, 3.05) is 11.9 Å². The number of esters is 1. The molecule has 0 aliphatic carbocycles. The van der Waals surface area contributed by atoms with Gasteiger partial charge in [0.1, 0.15) is 0 Å². The average Bonchev–Trinajstić information content (AvgIpc) is 2.62. The Kier molecular flexibility index (Phi) is 7.36. The lowest BCUT2D eigenvalue weighted by molar-refractivity contribution is 0.0526. The van der Waals surface area contributed by atoms with Crippen molar-refractivity contribution in [1.29, 1.82) is 0 Å². The van der Waals surface area contributed by atoms with E-state index < -0.39 is 0 Å². The molecule has 0 amide bonds. The fourth-order valence-corrected chi connectivity index (χ4v) is 3.28. The van der Waals surface area contributed by atoms with Crippen LogP contribution in [0.4, 0.5) is 5.69 Å². The Morgan fingerprint density at radius 1 is 1.07 bits per heavy atom. The van der Waals surface area contributed by atoms with E-state index in [1.165, 1.54) is 16.7 Å². The van der Waals surface area contributed by atoms with Gasteiger partial charge in [0.05, 0.1) is 18.2 Å². The molecule has 0 heterocycles. The lowest BCUT2D eigenvalue weighted by Crippen LogP contribution is -2.32. The van der Waals surface area contributed by atoms with E-state index in [2.05, 4.69) is 49.6 Å². The van der Waals surface area contributed by atoms with Gasteiger partial charge in [0.2, 0.25) is 0 Å². The molecule has 144 valence electrons. The number of carbonyl (C=O) groups is 1. The molecule has 0 saturated heterocycles. The number of aryl methyl sites for hydroxylation is 3. The maximum atomic E-state index is 12.0. The predicted octanol–water partition coefficient (Wildman–Crippen LogP) is 5.23. The van der Waals surface area contributed by atoms with Crippen LogP contribution < -0.4 is 10.6 Å². The van der Waals surface area contributed by atoms with E-state index in [0.717, 1.165) is 17.7 Å². The highest BCUT2D eigenvalue weighted by Crippen LogP contribution is 2.23. The van der Waals surface area contributed by atoms with Gasteiger partial charge in [-0.25, -0.2) is 4.79 Å².